The Labute approximate surface area is 110 Å². The van der Waals surface area contributed by atoms with Crippen LogP contribution in [0.2, 0.25) is 0 Å². The Kier molecular flexibility index (Phi) is 3.84. The van der Waals surface area contributed by atoms with Crippen molar-refractivity contribution < 1.29 is 4.79 Å². The number of rotatable bonds is 1. The molecule has 0 radical (unpaired) electrons. The van der Waals surface area contributed by atoms with Crippen LogP contribution in [0.5, 0.6) is 0 Å². The maximum absolute atomic E-state index is 12.4. The van der Waals surface area contributed by atoms with Crippen molar-refractivity contribution in [2.45, 2.75) is 19.4 Å². The molecule has 0 bridgehead atoms. The molecule has 0 spiro atoms. The van der Waals surface area contributed by atoms with Crippen LogP contribution in [0.4, 0.5) is 0 Å². The number of nitrogens with zero attached hydrogens (tertiary/aromatic N) is 1. The van der Waals surface area contributed by atoms with E-state index in [0.717, 1.165) is 17.4 Å². The van der Waals surface area contributed by atoms with Gasteiger partial charge in [0.2, 0.25) is 0 Å². The molecular weight excluding hydrogens is 280 g/mol. The molecule has 1 fully saturated rings. The van der Waals surface area contributed by atoms with E-state index in [1.165, 1.54) is 0 Å². The minimum absolute atomic E-state index is 0.0690. The molecule has 1 amide bonds. The fraction of sp³-hybridized carbons (Fsp3) is 0.462. The van der Waals surface area contributed by atoms with Gasteiger partial charge >= 0.3 is 0 Å². The molecule has 92 valence electrons. The Morgan fingerprint density at radius 1 is 1.41 bits per heavy atom. The summed E-state index contributed by atoms with van der Waals surface area (Å²) in [5.74, 6) is 0.546. The fourth-order valence-electron chi connectivity index (χ4n) is 2.37. The summed E-state index contributed by atoms with van der Waals surface area (Å²) in [5, 5.41) is 0. The van der Waals surface area contributed by atoms with E-state index >= 15 is 0 Å². The molecule has 2 atom stereocenters. The Morgan fingerprint density at radius 2 is 2.12 bits per heavy atom. The second kappa shape index (κ2) is 5.19. The van der Waals surface area contributed by atoms with Gasteiger partial charge in [-0.25, -0.2) is 0 Å². The first-order valence-electron chi connectivity index (χ1n) is 5.87. The van der Waals surface area contributed by atoms with E-state index in [4.69, 9.17) is 5.73 Å². The van der Waals surface area contributed by atoms with Crippen LogP contribution < -0.4 is 5.73 Å². The molecule has 0 saturated carbocycles. The Morgan fingerprint density at radius 3 is 2.76 bits per heavy atom. The van der Waals surface area contributed by atoms with Crippen molar-refractivity contribution in [2.24, 2.45) is 11.7 Å². The summed E-state index contributed by atoms with van der Waals surface area (Å²) in [6.45, 7) is 3.59. The van der Waals surface area contributed by atoms with Gasteiger partial charge in [-0.3, -0.25) is 4.79 Å². The summed E-state index contributed by atoms with van der Waals surface area (Å²) in [6, 6.07) is 7.62. The number of carbonyl (C=O) groups is 1. The molecule has 1 aliphatic heterocycles. The average molecular weight is 297 g/mol. The van der Waals surface area contributed by atoms with Gasteiger partial charge in [-0.05, 0) is 40.4 Å². The molecule has 1 aromatic carbocycles. The maximum atomic E-state index is 12.4. The molecule has 4 heteroatoms. The predicted octanol–water partition coefficient (Wildman–Crippen LogP) is 2.26. The molecule has 2 N–H and O–H groups in total. The summed E-state index contributed by atoms with van der Waals surface area (Å²) in [4.78, 5) is 14.2. The van der Waals surface area contributed by atoms with Crippen molar-refractivity contribution in [3.05, 3.63) is 34.3 Å². The van der Waals surface area contributed by atoms with E-state index in [2.05, 4.69) is 22.9 Å². The van der Waals surface area contributed by atoms with Gasteiger partial charge in [0.25, 0.3) is 5.91 Å². The third-order valence-electron chi connectivity index (χ3n) is 3.08. The van der Waals surface area contributed by atoms with Gasteiger partial charge in [-0.2, -0.15) is 0 Å². The van der Waals surface area contributed by atoms with Gasteiger partial charge in [0, 0.05) is 23.6 Å². The number of hydrogen-bond acceptors (Lipinski definition) is 2. The molecule has 17 heavy (non-hydrogen) atoms. The molecule has 1 heterocycles. The van der Waals surface area contributed by atoms with Crippen LogP contribution in [-0.4, -0.2) is 29.9 Å². The van der Waals surface area contributed by atoms with Gasteiger partial charge < -0.3 is 10.6 Å². The van der Waals surface area contributed by atoms with Crippen LogP contribution in [0, 0.1) is 5.92 Å². The van der Waals surface area contributed by atoms with Gasteiger partial charge in [0.1, 0.15) is 0 Å². The monoisotopic (exact) mass is 296 g/mol. The predicted molar refractivity (Wildman–Crippen MR) is 71.8 cm³/mol. The lowest BCUT2D eigenvalue weighted by Gasteiger charge is -2.35. The van der Waals surface area contributed by atoms with Crippen LogP contribution in [0.3, 0.4) is 0 Å². The van der Waals surface area contributed by atoms with E-state index in [1.807, 2.05) is 29.2 Å². The van der Waals surface area contributed by atoms with E-state index in [-0.39, 0.29) is 11.9 Å². The number of likely N-dealkylation sites (tertiary alicyclic amines) is 1. The Hall–Kier alpha value is -0.870. The minimum atomic E-state index is 0.0690. The second-order valence-electron chi connectivity index (χ2n) is 4.79. The van der Waals surface area contributed by atoms with Crippen molar-refractivity contribution in [1.29, 1.82) is 0 Å². The number of nitrogens with two attached hydrogens (primary N) is 1. The van der Waals surface area contributed by atoms with Crippen LogP contribution in [0.1, 0.15) is 23.7 Å². The average Bonchev–Trinajstić information content (AvgIpc) is 2.27. The highest BCUT2D eigenvalue weighted by Gasteiger charge is 2.27. The topological polar surface area (TPSA) is 46.3 Å². The quantitative estimate of drug-likeness (QED) is 0.864. The standard InChI is InChI=1S/C13H17BrN2O/c1-9-6-10(15)8-16(7-9)13(17)11-4-2-3-5-12(11)14/h2-5,9-10H,6-8,15H2,1H3. The molecule has 0 aromatic heterocycles. The van der Waals surface area contributed by atoms with Gasteiger partial charge in [0.05, 0.1) is 5.56 Å². The zero-order chi connectivity index (χ0) is 12.4. The van der Waals surface area contributed by atoms with Crippen molar-refractivity contribution in [1.82, 2.24) is 4.90 Å². The highest BCUT2D eigenvalue weighted by atomic mass is 79.9. The molecular formula is C13H17BrN2O. The van der Waals surface area contributed by atoms with Crippen LogP contribution in [-0.2, 0) is 0 Å². The number of hydrogen-bond donors (Lipinski definition) is 1. The highest BCUT2D eigenvalue weighted by Crippen LogP contribution is 2.21. The van der Waals surface area contributed by atoms with Gasteiger partial charge in [-0.15, -0.1) is 0 Å². The first kappa shape index (κ1) is 12.6. The van der Waals surface area contributed by atoms with E-state index in [9.17, 15) is 4.79 Å². The molecule has 1 saturated heterocycles. The first-order valence-corrected chi connectivity index (χ1v) is 6.66. The van der Waals surface area contributed by atoms with Crippen molar-refractivity contribution in [3.63, 3.8) is 0 Å². The zero-order valence-corrected chi connectivity index (χ0v) is 11.5. The van der Waals surface area contributed by atoms with Crippen molar-refractivity contribution in [3.8, 4) is 0 Å². The Balaban J connectivity index is 2.17. The summed E-state index contributed by atoms with van der Waals surface area (Å²) in [6.07, 6.45) is 1.000. The lowest BCUT2D eigenvalue weighted by Crippen LogP contribution is -2.48. The summed E-state index contributed by atoms with van der Waals surface area (Å²) in [7, 11) is 0. The Bertz CT molecular complexity index is 412. The zero-order valence-electron chi connectivity index (χ0n) is 9.90. The fourth-order valence-corrected chi connectivity index (χ4v) is 2.82. The largest absolute Gasteiger partial charge is 0.337 e. The number of amides is 1. The molecule has 2 unspecified atom stereocenters. The number of piperidine rings is 1. The van der Waals surface area contributed by atoms with Crippen LogP contribution in [0.15, 0.2) is 28.7 Å². The second-order valence-corrected chi connectivity index (χ2v) is 5.65. The summed E-state index contributed by atoms with van der Waals surface area (Å²) in [5.41, 5.74) is 6.68. The van der Waals surface area contributed by atoms with Crippen LogP contribution in [0.25, 0.3) is 0 Å². The SMILES string of the molecule is CC1CC(N)CN(C(=O)c2ccccc2Br)C1. The third kappa shape index (κ3) is 2.87. The minimum Gasteiger partial charge on any atom is -0.337 e. The lowest BCUT2D eigenvalue weighted by atomic mass is 9.96. The smallest absolute Gasteiger partial charge is 0.255 e. The first-order chi connectivity index (χ1) is 8.08. The van der Waals surface area contributed by atoms with Gasteiger partial charge in [0.15, 0.2) is 0 Å². The van der Waals surface area contributed by atoms with E-state index < -0.39 is 0 Å². The molecule has 1 aliphatic rings. The van der Waals surface area contributed by atoms with Crippen LogP contribution >= 0.6 is 15.9 Å². The van der Waals surface area contributed by atoms with Gasteiger partial charge in [-0.1, -0.05) is 19.1 Å². The van der Waals surface area contributed by atoms with Crippen molar-refractivity contribution in [2.75, 3.05) is 13.1 Å². The van der Waals surface area contributed by atoms with Crippen molar-refractivity contribution >= 4 is 21.8 Å². The number of halogens is 1. The summed E-state index contributed by atoms with van der Waals surface area (Å²) >= 11 is 3.41. The summed E-state index contributed by atoms with van der Waals surface area (Å²) < 4.78 is 0.844. The maximum Gasteiger partial charge on any atom is 0.255 e. The molecule has 2 rings (SSSR count). The number of benzene rings is 1. The normalized spacial score (nSPS) is 24.8. The van der Waals surface area contributed by atoms with E-state index in [0.29, 0.717) is 18.0 Å². The molecule has 0 aliphatic carbocycles. The molecule has 1 aromatic rings. The third-order valence-corrected chi connectivity index (χ3v) is 3.78. The number of carbonyl (C=O) groups excluding carboxylic acids is 1. The van der Waals surface area contributed by atoms with E-state index in [1.54, 1.807) is 0 Å². The highest BCUT2D eigenvalue weighted by molar-refractivity contribution is 9.10. The lowest BCUT2D eigenvalue weighted by molar-refractivity contribution is 0.0660. The molecule has 3 nitrogen and oxygen atoms in total.